The van der Waals surface area contributed by atoms with Crippen LogP contribution in [0.2, 0.25) is 0 Å². The Kier molecular flexibility index (Phi) is 1.73. The summed E-state index contributed by atoms with van der Waals surface area (Å²) >= 11 is 2.33. The molecule has 0 unspecified atom stereocenters. The summed E-state index contributed by atoms with van der Waals surface area (Å²) in [6.45, 7) is 1.58. The molecule has 0 amide bonds. The first-order valence-corrected chi connectivity index (χ1v) is 5.20. The molecule has 0 radical (unpaired) electrons. The van der Waals surface area contributed by atoms with E-state index in [4.69, 9.17) is 0 Å². The maximum atomic E-state index is 14.1. The lowest BCUT2D eigenvalue weighted by Crippen LogP contribution is -2.39. The van der Waals surface area contributed by atoms with Gasteiger partial charge in [0.05, 0.1) is 3.42 Å². The Labute approximate surface area is 80.5 Å². The van der Waals surface area contributed by atoms with Gasteiger partial charge in [-0.1, -0.05) is 22.6 Å². The molecule has 0 spiro atoms. The van der Waals surface area contributed by atoms with Crippen molar-refractivity contribution in [2.24, 2.45) is 0 Å². The second kappa shape index (κ2) is 2.31. The van der Waals surface area contributed by atoms with E-state index in [9.17, 15) is 4.39 Å². The average Bonchev–Trinajstić information content (AvgIpc) is 2.16. The minimum Gasteiger partial charge on any atom is -0.302 e. The SMILES string of the molecule is CN1C[C@@]2(F)CCC[C@@]2(I)C1. The number of hydrogen-bond acceptors (Lipinski definition) is 1. The summed E-state index contributed by atoms with van der Waals surface area (Å²) in [6, 6.07) is 0. The van der Waals surface area contributed by atoms with E-state index in [0.717, 1.165) is 25.8 Å². The quantitative estimate of drug-likeness (QED) is 0.480. The first-order valence-electron chi connectivity index (χ1n) is 4.12. The standard InChI is InChI=1S/C8H13FIN/c1-11-5-7(9)3-2-4-8(7,10)6-11/h2-6H2,1H3/t7-,8+/m0/s1. The minimum absolute atomic E-state index is 0.0560. The van der Waals surface area contributed by atoms with Gasteiger partial charge in [-0.05, 0) is 26.3 Å². The fourth-order valence-corrected chi connectivity index (χ4v) is 3.85. The number of alkyl halides is 2. The molecule has 1 saturated heterocycles. The lowest BCUT2D eigenvalue weighted by atomic mass is 9.97. The Morgan fingerprint density at radius 1 is 1.36 bits per heavy atom. The highest BCUT2D eigenvalue weighted by atomic mass is 127. The van der Waals surface area contributed by atoms with Crippen LogP contribution in [-0.2, 0) is 0 Å². The summed E-state index contributed by atoms with van der Waals surface area (Å²) in [5, 5.41) is 0. The zero-order valence-electron chi connectivity index (χ0n) is 6.74. The fourth-order valence-electron chi connectivity index (χ4n) is 2.45. The summed E-state index contributed by atoms with van der Waals surface area (Å²) in [6.07, 6.45) is 2.92. The van der Waals surface area contributed by atoms with Crippen LogP contribution in [0.15, 0.2) is 0 Å². The highest BCUT2D eigenvalue weighted by Crippen LogP contribution is 2.52. The van der Waals surface area contributed by atoms with Crippen molar-refractivity contribution < 1.29 is 4.39 Å². The van der Waals surface area contributed by atoms with Crippen molar-refractivity contribution in [2.45, 2.75) is 28.4 Å². The van der Waals surface area contributed by atoms with Crippen molar-refractivity contribution in [3.8, 4) is 0 Å². The molecule has 0 aromatic heterocycles. The summed E-state index contributed by atoms with van der Waals surface area (Å²) in [7, 11) is 2.01. The van der Waals surface area contributed by atoms with E-state index < -0.39 is 5.67 Å². The third kappa shape index (κ3) is 1.03. The molecule has 1 nitrogen and oxygen atoms in total. The number of halogens is 2. The van der Waals surface area contributed by atoms with Gasteiger partial charge in [-0.3, -0.25) is 0 Å². The predicted molar refractivity (Wildman–Crippen MR) is 51.9 cm³/mol. The van der Waals surface area contributed by atoms with Crippen molar-refractivity contribution in [3.05, 3.63) is 0 Å². The van der Waals surface area contributed by atoms with Crippen LogP contribution in [0, 0.1) is 0 Å². The molecular formula is C8H13FIN. The maximum Gasteiger partial charge on any atom is 0.139 e. The number of rotatable bonds is 0. The van der Waals surface area contributed by atoms with Gasteiger partial charge in [0.15, 0.2) is 0 Å². The highest BCUT2D eigenvalue weighted by molar-refractivity contribution is 14.1. The van der Waals surface area contributed by atoms with Crippen molar-refractivity contribution >= 4 is 22.6 Å². The minimum atomic E-state index is -0.873. The molecule has 0 aromatic rings. The Morgan fingerprint density at radius 2 is 2.09 bits per heavy atom. The van der Waals surface area contributed by atoms with Crippen LogP contribution in [0.5, 0.6) is 0 Å². The van der Waals surface area contributed by atoms with Crippen LogP contribution in [0.4, 0.5) is 4.39 Å². The largest absolute Gasteiger partial charge is 0.302 e. The van der Waals surface area contributed by atoms with Gasteiger partial charge >= 0.3 is 0 Å². The zero-order valence-corrected chi connectivity index (χ0v) is 8.90. The molecule has 1 saturated carbocycles. The lowest BCUT2D eigenvalue weighted by molar-refractivity contribution is 0.168. The Hall–Kier alpha value is 0.620. The van der Waals surface area contributed by atoms with Crippen LogP contribution >= 0.6 is 22.6 Å². The van der Waals surface area contributed by atoms with E-state index in [-0.39, 0.29) is 3.42 Å². The van der Waals surface area contributed by atoms with E-state index in [1.807, 2.05) is 7.05 Å². The third-order valence-electron chi connectivity index (χ3n) is 2.99. The van der Waals surface area contributed by atoms with Gasteiger partial charge < -0.3 is 4.90 Å². The summed E-state index contributed by atoms with van der Waals surface area (Å²) in [4.78, 5) is 2.12. The first kappa shape index (κ1) is 8.23. The van der Waals surface area contributed by atoms with Gasteiger partial charge in [0.2, 0.25) is 0 Å². The van der Waals surface area contributed by atoms with Gasteiger partial charge in [-0.15, -0.1) is 0 Å². The Balaban J connectivity index is 2.28. The van der Waals surface area contributed by atoms with E-state index in [2.05, 4.69) is 27.5 Å². The van der Waals surface area contributed by atoms with E-state index in [1.54, 1.807) is 0 Å². The van der Waals surface area contributed by atoms with E-state index in [0.29, 0.717) is 6.54 Å². The summed E-state index contributed by atoms with van der Waals surface area (Å²) in [5.41, 5.74) is -0.873. The van der Waals surface area contributed by atoms with Crippen molar-refractivity contribution in [1.29, 1.82) is 0 Å². The molecule has 2 fully saturated rings. The predicted octanol–water partition coefficient (Wildman–Crippen LogP) is 2.00. The molecule has 1 aliphatic carbocycles. The van der Waals surface area contributed by atoms with E-state index in [1.165, 1.54) is 0 Å². The molecule has 64 valence electrons. The number of hydrogen-bond donors (Lipinski definition) is 0. The van der Waals surface area contributed by atoms with Crippen LogP contribution in [0.3, 0.4) is 0 Å². The Bertz CT molecular complexity index is 169. The molecule has 1 heterocycles. The van der Waals surface area contributed by atoms with Gasteiger partial charge in [0.25, 0.3) is 0 Å². The maximum absolute atomic E-state index is 14.1. The topological polar surface area (TPSA) is 3.24 Å². The Morgan fingerprint density at radius 3 is 2.73 bits per heavy atom. The molecule has 0 N–H and O–H groups in total. The monoisotopic (exact) mass is 269 g/mol. The summed E-state index contributed by atoms with van der Waals surface area (Å²) < 4.78 is 14.0. The highest BCUT2D eigenvalue weighted by Gasteiger charge is 2.59. The van der Waals surface area contributed by atoms with E-state index >= 15 is 0 Å². The second-order valence-electron chi connectivity index (χ2n) is 3.96. The average molecular weight is 269 g/mol. The third-order valence-corrected chi connectivity index (χ3v) is 4.84. The molecule has 0 bridgehead atoms. The first-order chi connectivity index (χ1) is 5.06. The van der Waals surface area contributed by atoms with Crippen molar-refractivity contribution in [1.82, 2.24) is 4.90 Å². The zero-order chi connectivity index (χ0) is 8.11. The molecule has 2 atom stereocenters. The molecule has 0 aromatic carbocycles. The summed E-state index contributed by atoms with van der Waals surface area (Å²) in [5.74, 6) is 0. The van der Waals surface area contributed by atoms with Gasteiger partial charge in [-0.2, -0.15) is 0 Å². The van der Waals surface area contributed by atoms with Crippen LogP contribution in [0.25, 0.3) is 0 Å². The number of likely N-dealkylation sites (tertiary alicyclic amines) is 1. The van der Waals surface area contributed by atoms with Crippen LogP contribution in [-0.4, -0.2) is 34.1 Å². The van der Waals surface area contributed by atoms with Gasteiger partial charge in [-0.25, -0.2) is 4.39 Å². The van der Waals surface area contributed by atoms with Crippen LogP contribution in [0.1, 0.15) is 19.3 Å². The molecule has 2 aliphatic rings. The molecule has 1 aliphatic heterocycles. The number of fused-ring (bicyclic) bond motifs is 1. The lowest BCUT2D eigenvalue weighted by Gasteiger charge is -2.26. The van der Waals surface area contributed by atoms with Crippen molar-refractivity contribution in [3.63, 3.8) is 0 Å². The second-order valence-corrected chi connectivity index (χ2v) is 6.02. The molecular weight excluding hydrogens is 256 g/mol. The van der Waals surface area contributed by atoms with Gasteiger partial charge in [0.1, 0.15) is 5.67 Å². The molecule has 3 heteroatoms. The van der Waals surface area contributed by atoms with Gasteiger partial charge in [0, 0.05) is 13.1 Å². The normalized spacial score (nSPS) is 51.5. The number of nitrogens with zero attached hydrogens (tertiary/aromatic N) is 1. The molecule has 11 heavy (non-hydrogen) atoms. The molecule has 2 rings (SSSR count). The smallest absolute Gasteiger partial charge is 0.139 e. The van der Waals surface area contributed by atoms with Crippen LogP contribution < -0.4 is 0 Å². The van der Waals surface area contributed by atoms with Crippen molar-refractivity contribution in [2.75, 3.05) is 20.1 Å². The fraction of sp³-hybridized carbons (Fsp3) is 1.00.